The maximum absolute atomic E-state index is 14.0. The molecule has 3 aromatic heterocycles. The lowest BCUT2D eigenvalue weighted by Crippen LogP contribution is -2.34. The van der Waals surface area contributed by atoms with Crippen LogP contribution in [-0.2, 0) is 10.3 Å². The number of aliphatic hydroxyl groups is 1. The molecule has 0 bridgehead atoms. The van der Waals surface area contributed by atoms with Crippen molar-refractivity contribution in [2.24, 2.45) is 5.41 Å². The minimum absolute atomic E-state index is 0.0121. The van der Waals surface area contributed by atoms with E-state index in [1.54, 1.807) is 6.07 Å². The summed E-state index contributed by atoms with van der Waals surface area (Å²) in [6.07, 6.45) is -1.59. The average Bonchev–Trinajstić information content (AvgIpc) is 3.68. The van der Waals surface area contributed by atoms with Gasteiger partial charge in [0.25, 0.3) is 6.43 Å². The molecule has 0 aliphatic heterocycles. The van der Waals surface area contributed by atoms with Crippen molar-refractivity contribution in [1.29, 1.82) is 5.26 Å². The van der Waals surface area contributed by atoms with E-state index in [1.165, 1.54) is 36.4 Å². The third-order valence-electron chi connectivity index (χ3n) is 7.90. The number of benzene rings is 1. The predicted octanol–water partition coefficient (Wildman–Crippen LogP) is 6.52. The molecular formula is C32H34ClF3N8O3. The largest absolute Gasteiger partial charge is 0.434 e. The molecule has 1 amide bonds. The number of nitrogens with one attached hydrogen (secondary N) is 1. The number of fused-ring (bicyclic) bond motifs is 1. The van der Waals surface area contributed by atoms with Crippen molar-refractivity contribution in [3.63, 3.8) is 0 Å². The number of carbonyl (C=O) groups excluding carboxylic acids is 1. The highest BCUT2D eigenvalue weighted by Gasteiger charge is 2.54. The molecule has 2 N–H and O–H groups in total. The fourth-order valence-corrected chi connectivity index (χ4v) is 5.40. The lowest BCUT2D eigenvalue weighted by Gasteiger charge is -2.26. The summed E-state index contributed by atoms with van der Waals surface area (Å²) in [5.41, 5.74) is 0.313. The number of rotatable bonds is 11. The highest BCUT2D eigenvalue weighted by Crippen LogP contribution is 2.48. The fourth-order valence-electron chi connectivity index (χ4n) is 5.14. The zero-order chi connectivity index (χ0) is 34.1. The van der Waals surface area contributed by atoms with Crippen LogP contribution >= 0.6 is 11.6 Å². The van der Waals surface area contributed by atoms with Crippen LogP contribution in [0.15, 0.2) is 36.7 Å². The normalized spacial score (nSPS) is 14.6. The van der Waals surface area contributed by atoms with E-state index in [2.05, 4.69) is 31.7 Å². The van der Waals surface area contributed by atoms with E-state index in [0.29, 0.717) is 23.1 Å². The monoisotopic (exact) mass is 670 g/mol. The van der Waals surface area contributed by atoms with E-state index >= 15 is 0 Å². The third-order valence-corrected chi connectivity index (χ3v) is 8.18. The molecule has 1 aliphatic carbocycles. The molecule has 1 atom stereocenters. The minimum atomic E-state index is -2.68. The van der Waals surface area contributed by atoms with Gasteiger partial charge in [-0.05, 0) is 55.9 Å². The number of nitrogens with zero attached hydrogens (tertiary/aromatic N) is 7. The van der Waals surface area contributed by atoms with Crippen LogP contribution in [0.2, 0.25) is 5.02 Å². The quantitative estimate of drug-likeness (QED) is 0.171. The van der Waals surface area contributed by atoms with Crippen LogP contribution in [0.5, 0.6) is 0 Å². The number of ether oxygens (including phenoxy) is 1. The van der Waals surface area contributed by atoms with E-state index in [1.807, 2.05) is 20.8 Å². The first-order valence-corrected chi connectivity index (χ1v) is 15.3. The molecule has 47 heavy (non-hydrogen) atoms. The van der Waals surface area contributed by atoms with Crippen LogP contribution in [-0.4, -0.2) is 62.3 Å². The summed E-state index contributed by atoms with van der Waals surface area (Å²) in [5, 5.41) is 31.5. The molecule has 0 spiro atoms. The number of halogens is 4. The molecule has 0 unspecified atom stereocenters. The molecular weight excluding hydrogens is 637 g/mol. The molecule has 1 fully saturated rings. The Labute approximate surface area is 274 Å². The fraction of sp³-hybridized carbons (Fsp3) is 0.438. The molecule has 1 saturated carbocycles. The Bertz CT molecular complexity index is 1830. The van der Waals surface area contributed by atoms with Crippen LogP contribution in [0.4, 0.5) is 29.3 Å². The van der Waals surface area contributed by atoms with Gasteiger partial charge < -0.3 is 15.2 Å². The molecule has 0 saturated heterocycles. The summed E-state index contributed by atoms with van der Waals surface area (Å²) in [4.78, 5) is 23.5. The zero-order valence-electron chi connectivity index (χ0n) is 26.3. The van der Waals surface area contributed by atoms with E-state index < -0.39 is 30.1 Å². The van der Waals surface area contributed by atoms with E-state index in [9.17, 15) is 28.3 Å². The zero-order valence-corrected chi connectivity index (χ0v) is 27.0. The summed E-state index contributed by atoms with van der Waals surface area (Å²) in [6, 6.07) is 7.78. The molecule has 4 aromatic rings. The van der Waals surface area contributed by atoms with Crippen LogP contribution in [0, 0.1) is 29.6 Å². The van der Waals surface area contributed by atoms with Crippen molar-refractivity contribution in [2.75, 3.05) is 29.9 Å². The van der Waals surface area contributed by atoms with Crippen molar-refractivity contribution in [3.05, 3.63) is 70.1 Å². The molecule has 3 heterocycles. The number of aromatic nitrogens is 5. The van der Waals surface area contributed by atoms with Crippen LogP contribution < -0.4 is 10.2 Å². The summed E-state index contributed by atoms with van der Waals surface area (Å²) in [6.45, 7) is 7.87. The number of aryl methyl sites for hydroxylation is 1. The number of amides is 1. The van der Waals surface area contributed by atoms with Gasteiger partial charge in [0.05, 0.1) is 28.0 Å². The van der Waals surface area contributed by atoms with Crippen LogP contribution in [0.25, 0.3) is 10.9 Å². The smallest absolute Gasteiger partial charge is 0.415 e. The van der Waals surface area contributed by atoms with Crippen molar-refractivity contribution in [1.82, 2.24) is 25.0 Å². The number of carbonyl (C=O) groups is 1. The van der Waals surface area contributed by atoms with Crippen molar-refractivity contribution in [3.8, 4) is 6.07 Å². The molecule has 11 nitrogen and oxygen atoms in total. The van der Waals surface area contributed by atoms with E-state index in [4.69, 9.17) is 16.3 Å². The van der Waals surface area contributed by atoms with E-state index in [-0.39, 0.29) is 71.1 Å². The molecule has 1 aliphatic rings. The Balaban J connectivity index is 1.57. The minimum Gasteiger partial charge on any atom is -0.434 e. The Kier molecular flexibility index (Phi) is 9.60. The van der Waals surface area contributed by atoms with Crippen molar-refractivity contribution < 1.29 is 27.8 Å². The van der Waals surface area contributed by atoms with Gasteiger partial charge in [0.15, 0.2) is 6.10 Å². The van der Waals surface area contributed by atoms with Gasteiger partial charge in [-0.25, -0.2) is 23.2 Å². The number of hydrogen-bond acceptors (Lipinski definition) is 9. The van der Waals surface area contributed by atoms with Gasteiger partial charge in [-0.3, -0.25) is 9.88 Å². The summed E-state index contributed by atoms with van der Waals surface area (Å²) < 4.78 is 48.8. The first kappa shape index (κ1) is 33.9. The summed E-state index contributed by atoms with van der Waals surface area (Å²) in [5.74, 6) is -0.758. The Morgan fingerprint density at radius 2 is 2.04 bits per heavy atom. The second kappa shape index (κ2) is 13.3. The Hall–Kier alpha value is -4.48. The Morgan fingerprint density at radius 3 is 2.66 bits per heavy atom. The van der Waals surface area contributed by atoms with Crippen molar-refractivity contribution in [2.45, 2.75) is 65.0 Å². The Morgan fingerprint density at radius 1 is 1.30 bits per heavy atom. The first-order valence-electron chi connectivity index (χ1n) is 15.0. The lowest BCUT2D eigenvalue weighted by atomic mass is 9.96. The van der Waals surface area contributed by atoms with Gasteiger partial charge in [0.2, 0.25) is 5.95 Å². The molecule has 0 radical (unpaired) electrons. The second-order valence-corrected chi connectivity index (χ2v) is 13.1. The highest BCUT2D eigenvalue weighted by molar-refractivity contribution is 6.36. The van der Waals surface area contributed by atoms with Gasteiger partial charge in [-0.2, -0.15) is 9.65 Å². The molecule has 5 rings (SSSR count). The lowest BCUT2D eigenvalue weighted by molar-refractivity contribution is 0.0592. The predicted molar refractivity (Wildman–Crippen MR) is 169 cm³/mol. The SMILES string of the molecule is Cc1nc(F)ccc1[C@H](OC(=O)N(CCCO)c1cc(Cl)c2ncc(C#N)c(NCC(C)(C)C)c2c1)c1cn(C2(C(F)F)CC2)nn1. The van der Waals surface area contributed by atoms with Crippen molar-refractivity contribution >= 4 is 40.0 Å². The van der Waals surface area contributed by atoms with Gasteiger partial charge in [0, 0.05) is 48.2 Å². The van der Waals surface area contributed by atoms with Gasteiger partial charge in [0.1, 0.15) is 17.3 Å². The summed E-state index contributed by atoms with van der Waals surface area (Å²) in [7, 11) is 0. The van der Waals surface area contributed by atoms with Gasteiger partial charge in [-0.15, -0.1) is 5.10 Å². The molecule has 1 aromatic carbocycles. The number of alkyl halides is 2. The third kappa shape index (κ3) is 7.11. The topological polar surface area (TPSA) is 142 Å². The van der Waals surface area contributed by atoms with Crippen LogP contribution in [0.1, 0.15) is 68.7 Å². The second-order valence-electron chi connectivity index (χ2n) is 12.7. The number of anilines is 2. The van der Waals surface area contributed by atoms with Gasteiger partial charge in [-0.1, -0.05) is 37.6 Å². The highest BCUT2D eigenvalue weighted by atomic mass is 35.5. The number of hydrogen-bond donors (Lipinski definition) is 2. The standard InChI is InChI=1S/C32H34ClF3N8O3/c1-18-21(6-7-25(34)40-18)28(24-16-44(42-41-24)32(8-9-32)29(35)36)47-30(46)43(10-5-11-45)20-12-22-26(39-17-31(2,3)4)19(14-37)15-38-27(22)23(33)13-20/h6-7,12-13,15-16,28-29,45H,5,8-11,17H2,1-4H3,(H,38,39)/t28-/m0/s1. The van der Waals surface area contributed by atoms with Gasteiger partial charge >= 0.3 is 6.09 Å². The molecule has 15 heteroatoms. The van der Waals surface area contributed by atoms with E-state index in [0.717, 1.165) is 10.7 Å². The maximum atomic E-state index is 14.0. The average molecular weight is 671 g/mol. The maximum Gasteiger partial charge on any atom is 0.415 e. The number of pyridine rings is 2. The number of aliphatic hydroxyl groups excluding tert-OH is 1. The van der Waals surface area contributed by atoms with Crippen LogP contribution in [0.3, 0.4) is 0 Å². The summed E-state index contributed by atoms with van der Waals surface area (Å²) >= 11 is 6.69. The first-order chi connectivity index (χ1) is 22.3. The molecule has 248 valence electrons. The number of nitriles is 1.